The van der Waals surface area contributed by atoms with Gasteiger partial charge in [0.15, 0.2) is 11.5 Å². The molecule has 1 aliphatic carbocycles. The van der Waals surface area contributed by atoms with Crippen molar-refractivity contribution in [3.05, 3.63) is 34.9 Å². The summed E-state index contributed by atoms with van der Waals surface area (Å²) in [5.74, 6) is 4.52. The maximum absolute atomic E-state index is 10.1. The molecule has 1 N–H and O–H groups in total. The molecule has 2 aliphatic heterocycles. The number of rotatable bonds is 2. The Bertz CT molecular complexity index is 793. The van der Waals surface area contributed by atoms with E-state index in [9.17, 15) is 5.11 Å². The largest absolute Gasteiger partial charge is 0.493 e. The molecule has 0 fully saturated rings. The molecule has 0 aromatic heterocycles. The van der Waals surface area contributed by atoms with Crippen LogP contribution in [0, 0.1) is 19.3 Å². The molecular weight excluding hydrogens is 314 g/mol. The average molecular weight is 340 g/mol. The van der Waals surface area contributed by atoms with Crippen LogP contribution in [0.15, 0.2) is 18.2 Å². The van der Waals surface area contributed by atoms with E-state index in [2.05, 4.69) is 32.0 Å². The van der Waals surface area contributed by atoms with E-state index in [1.165, 1.54) is 16.7 Å². The number of hydrogen-bond donors (Lipinski definition) is 1. The minimum Gasteiger partial charge on any atom is -0.493 e. The Morgan fingerprint density at radius 1 is 1.52 bits per heavy atom. The first-order valence-corrected chi connectivity index (χ1v) is 8.94. The predicted octanol–water partition coefficient (Wildman–Crippen LogP) is 2.31. The van der Waals surface area contributed by atoms with E-state index in [-0.39, 0.29) is 11.5 Å². The van der Waals surface area contributed by atoms with Crippen LogP contribution in [0.1, 0.15) is 29.5 Å². The van der Waals surface area contributed by atoms with Crippen LogP contribution in [-0.4, -0.2) is 49.0 Å². The molecule has 25 heavy (non-hydrogen) atoms. The molecule has 0 radical (unpaired) electrons. The Balaban J connectivity index is 1.97. The molecule has 0 bridgehead atoms. The second-order valence-corrected chi connectivity index (χ2v) is 8.00. The molecule has 2 heterocycles. The molecule has 4 heteroatoms. The highest BCUT2D eigenvalue weighted by Crippen LogP contribution is 2.56. The Labute approximate surface area is 149 Å². The minimum absolute atomic E-state index is 0.0469. The van der Waals surface area contributed by atoms with Gasteiger partial charge in [0, 0.05) is 24.0 Å². The van der Waals surface area contributed by atoms with Crippen molar-refractivity contribution in [3.8, 4) is 23.8 Å². The summed E-state index contributed by atoms with van der Waals surface area (Å²) in [6.07, 6.45) is 10.9. The van der Waals surface area contributed by atoms with Gasteiger partial charge in [-0.3, -0.25) is 0 Å². The van der Waals surface area contributed by atoms with Crippen LogP contribution in [0.25, 0.3) is 0 Å². The molecule has 1 aromatic carbocycles. The third-order valence-corrected chi connectivity index (χ3v) is 6.25. The van der Waals surface area contributed by atoms with Crippen LogP contribution in [-0.2, 0) is 12.0 Å². The summed E-state index contributed by atoms with van der Waals surface area (Å²) in [6.45, 7) is 4.75. The van der Waals surface area contributed by atoms with E-state index in [1.807, 2.05) is 6.08 Å². The number of ether oxygens (including phenoxy) is 2. The number of nitrogens with zero attached hydrogens (tertiary/aromatic N) is 1. The summed E-state index contributed by atoms with van der Waals surface area (Å²) < 4.78 is 12.8. The maximum Gasteiger partial charge on any atom is 0.166 e. The number of aliphatic hydroxyl groups is 1. The molecule has 3 aliphatic rings. The van der Waals surface area contributed by atoms with Gasteiger partial charge in [0.25, 0.3) is 0 Å². The van der Waals surface area contributed by atoms with Gasteiger partial charge in [0.05, 0.1) is 32.2 Å². The molecular formula is C21H26NO3+. The van der Waals surface area contributed by atoms with Gasteiger partial charge < -0.3 is 19.1 Å². The normalized spacial score (nSPS) is 35.2. The molecule has 0 saturated carbocycles. The summed E-state index contributed by atoms with van der Waals surface area (Å²) in [5, 5.41) is 10.1. The molecule has 4 nitrogen and oxygen atoms in total. The van der Waals surface area contributed by atoms with Crippen molar-refractivity contribution in [2.75, 3.05) is 27.2 Å². The predicted molar refractivity (Wildman–Crippen MR) is 96.7 cm³/mol. The highest BCUT2D eigenvalue weighted by atomic mass is 16.5. The number of terminal acetylenes is 1. The Morgan fingerprint density at radius 2 is 2.32 bits per heavy atom. The monoisotopic (exact) mass is 340 g/mol. The van der Waals surface area contributed by atoms with Crippen LogP contribution in [0.4, 0.5) is 0 Å². The van der Waals surface area contributed by atoms with E-state index in [1.54, 1.807) is 7.11 Å². The molecule has 0 saturated heterocycles. The lowest BCUT2D eigenvalue weighted by Gasteiger charge is -2.36. The Kier molecular flexibility index (Phi) is 3.64. The second-order valence-electron chi connectivity index (χ2n) is 8.00. The molecule has 0 amide bonds. The van der Waals surface area contributed by atoms with Crippen LogP contribution in [0.3, 0.4) is 0 Å². The molecule has 4 rings (SSSR count). The second kappa shape index (κ2) is 5.52. The quantitative estimate of drug-likeness (QED) is 0.510. The number of methoxy groups -OCH3 is 1. The fraction of sp³-hybridized carbons (Fsp3) is 0.524. The van der Waals surface area contributed by atoms with Gasteiger partial charge in [-0.15, -0.1) is 6.42 Å². The number of quaternary nitrogens is 1. The van der Waals surface area contributed by atoms with Gasteiger partial charge in [-0.1, -0.05) is 12.2 Å². The lowest BCUT2D eigenvalue weighted by Crippen LogP contribution is -2.47. The zero-order valence-corrected chi connectivity index (χ0v) is 15.2. The summed E-state index contributed by atoms with van der Waals surface area (Å²) in [6, 6.07) is 2.07. The molecule has 3 unspecified atom stereocenters. The third-order valence-electron chi connectivity index (χ3n) is 6.25. The van der Waals surface area contributed by atoms with E-state index in [0.29, 0.717) is 13.0 Å². The van der Waals surface area contributed by atoms with Crippen LogP contribution in [0.2, 0.25) is 0 Å². The van der Waals surface area contributed by atoms with Crippen LogP contribution in [0.5, 0.6) is 11.5 Å². The van der Waals surface area contributed by atoms with Crippen molar-refractivity contribution in [1.29, 1.82) is 0 Å². The summed E-state index contributed by atoms with van der Waals surface area (Å²) >= 11 is 0. The van der Waals surface area contributed by atoms with Crippen molar-refractivity contribution in [3.63, 3.8) is 0 Å². The van der Waals surface area contributed by atoms with Crippen molar-refractivity contribution in [1.82, 2.24) is 0 Å². The number of hydrogen-bond acceptors (Lipinski definition) is 3. The van der Waals surface area contributed by atoms with Gasteiger partial charge in [0.1, 0.15) is 19.2 Å². The smallest absolute Gasteiger partial charge is 0.166 e. The average Bonchev–Trinajstić information content (AvgIpc) is 2.83. The zero-order valence-electron chi connectivity index (χ0n) is 15.2. The SMILES string of the molecule is C#CC[N+]1(C)CCC23C=C[C@@H](O)CC2Oc2c(OC)cc(C)c(c23)C1. The zero-order chi connectivity index (χ0) is 17.8. The van der Waals surface area contributed by atoms with Gasteiger partial charge in [0.2, 0.25) is 0 Å². The molecule has 132 valence electrons. The molecule has 4 atom stereocenters. The van der Waals surface area contributed by atoms with E-state index in [0.717, 1.165) is 35.5 Å². The third kappa shape index (κ3) is 2.30. The Morgan fingerprint density at radius 3 is 3.04 bits per heavy atom. The first-order valence-electron chi connectivity index (χ1n) is 8.94. The highest BCUT2D eigenvalue weighted by molar-refractivity contribution is 5.63. The minimum atomic E-state index is -0.449. The summed E-state index contributed by atoms with van der Waals surface area (Å²) in [7, 11) is 3.93. The Hall–Kier alpha value is -1.96. The van der Waals surface area contributed by atoms with Gasteiger partial charge in [-0.2, -0.15) is 0 Å². The van der Waals surface area contributed by atoms with Crippen molar-refractivity contribution < 1.29 is 19.1 Å². The lowest BCUT2D eigenvalue weighted by atomic mass is 9.68. The standard InChI is InChI=1S/C21H26NO3/c1-5-9-22(3)10-8-21-7-6-15(23)12-18(21)25-20-17(24-4)11-14(2)16(13-22)19(20)21/h1,6-7,11,15,18,23H,8-10,12-13H2,2-4H3/q+1/t15-,18?,21?,22?/m1/s1. The van der Waals surface area contributed by atoms with Crippen molar-refractivity contribution >= 4 is 0 Å². The van der Waals surface area contributed by atoms with E-state index in [4.69, 9.17) is 15.9 Å². The number of benzene rings is 1. The van der Waals surface area contributed by atoms with E-state index >= 15 is 0 Å². The fourth-order valence-electron chi connectivity index (χ4n) is 4.85. The van der Waals surface area contributed by atoms with Gasteiger partial charge in [-0.25, -0.2) is 0 Å². The topological polar surface area (TPSA) is 38.7 Å². The maximum atomic E-state index is 10.1. The van der Waals surface area contributed by atoms with Crippen LogP contribution < -0.4 is 9.47 Å². The molecule has 1 spiro atoms. The number of aryl methyl sites for hydroxylation is 1. The fourth-order valence-corrected chi connectivity index (χ4v) is 4.85. The summed E-state index contributed by atoms with van der Waals surface area (Å²) in [4.78, 5) is 0. The first-order chi connectivity index (χ1) is 11.9. The first kappa shape index (κ1) is 16.5. The summed E-state index contributed by atoms with van der Waals surface area (Å²) in [5.41, 5.74) is 3.63. The van der Waals surface area contributed by atoms with E-state index < -0.39 is 6.10 Å². The lowest BCUT2D eigenvalue weighted by molar-refractivity contribution is -0.915. The van der Waals surface area contributed by atoms with Gasteiger partial charge >= 0.3 is 0 Å². The number of aliphatic hydroxyl groups excluding tert-OH is 1. The van der Waals surface area contributed by atoms with Gasteiger partial charge in [-0.05, 0) is 24.5 Å². The highest BCUT2D eigenvalue weighted by Gasteiger charge is 2.55. The van der Waals surface area contributed by atoms with Crippen molar-refractivity contribution in [2.45, 2.75) is 43.9 Å². The van der Waals surface area contributed by atoms with Crippen molar-refractivity contribution in [2.24, 2.45) is 0 Å². The molecule has 1 aromatic rings. The van der Waals surface area contributed by atoms with Crippen LogP contribution >= 0.6 is 0 Å².